The average molecular weight is 546 g/mol. The summed E-state index contributed by atoms with van der Waals surface area (Å²) in [5.74, 6) is 0.341. The van der Waals surface area contributed by atoms with Gasteiger partial charge in [-0.3, -0.25) is 4.79 Å². The molecule has 0 saturated heterocycles. The number of methoxy groups -OCH3 is 1. The van der Waals surface area contributed by atoms with E-state index in [0.717, 1.165) is 5.56 Å². The largest absolute Gasteiger partial charge is 0.493 e. The number of halogens is 3. The van der Waals surface area contributed by atoms with Gasteiger partial charge in [0.05, 0.1) is 11.6 Å². The van der Waals surface area contributed by atoms with E-state index in [2.05, 4.69) is 21.2 Å². The number of nitrogens with zero attached hydrogens (tertiary/aromatic N) is 1. The maximum atomic E-state index is 12.6. The van der Waals surface area contributed by atoms with Crippen LogP contribution in [0.2, 0.25) is 10.0 Å². The summed E-state index contributed by atoms with van der Waals surface area (Å²) in [4.78, 5) is 12.6. The van der Waals surface area contributed by atoms with Crippen molar-refractivity contribution in [1.29, 1.82) is 5.26 Å². The van der Waals surface area contributed by atoms with Crippen molar-refractivity contribution in [2.24, 2.45) is 0 Å². The second kappa shape index (κ2) is 11.2. The van der Waals surface area contributed by atoms with Crippen LogP contribution in [0.25, 0.3) is 6.08 Å². The van der Waals surface area contributed by atoms with Crippen LogP contribution in [-0.4, -0.2) is 13.0 Å². The van der Waals surface area contributed by atoms with E-state index in [1.807, 2.05) is 25.1 Å². The van der Waals surface area contributed by atoms with Crippen LogP contribution in [0.1, 0.15) is 16.7 Å². The van der Waals surface area contributed by atoms with Gasteiger partial charge in [0.1, 0.15) is 18.2 Å². The molecular weight excluding hydrogens is 527 g/mol. The normalized spacial score (nSPS) is 11.0. The van der Waals surface area contributed by atoms with Crippen molar-refractivity contribution >= 4 is 56.8 Å². The number of anilines is 1. The van der Waals surface area contributed by atoms with Gasteiger partial charge in [-0.1, -0.05) is 47.0 Å². The molecule has 5 nitrogen and oxygen atoms in total. The van der Waals surface area contributed by atoms with Gasteiger partial charge in [-0.05, 0) is 70.9 Å². The first-order chi connectivity index (χ1) is 15.8. The number of nitrogens with one attached hydrogen (secondary N) is 1. The standard InChI is InChI=1S/C25H19BrCl2N2O3/c1-15-6-8-18(9-7-15)30-25(31)17(13-29)10-16-11-20(26)24(23(12-16)32-2)33-14-19-21(27)4-3-5-22(19)28/h3-12H,14H2,1-2H3,(H,30,31)/b17-10-. The van der Waals surface area contributed by atoms with Gasteiger partial charge in [0.25, 0.3) is 5.91 Å². The summed E-state index contributed by atoms with van der Waals surface area (Å²) in [5.41, 5.74) is 2.85. The fraction of sp³-hybridized carbons (Fsp3) is 0.120. The van der Waals surface area contributed by atoms with Gasteiger partial charge in [-0.25, -0.2) is 0 Å². The summed E-state index contributed by atoms with van der Waals surface area (Å²) in [6.45, 7) is 2.08. The average Bonchev–Trinajstić information content (AvgIpc) is 2.79. The molecule has 1 amide bonds. The summed E-state index contributed by atoms with van der Waals surface area (Å²) >= 11 is 15.9. The van der Waals surface area contributed by atoms with Gasteiger partial charge in [0.2, 0.25) is 0 Å². The van der Waals surface area contributed by atoms with E-state index in [1.54, 1.807) is 42.5 Å². The number of amides is 1. The van der Waals surface area contributed by atoms with Crippen LogP contribution in [0.3, 0.4) is 0 Å². The molecule has 1 N–H and O–H groups in total. The van der Waals surface area contributed by atoms with Crippen LogP contribution in [0.15, 0.2) is 64.6 Å². The number of ether oxygens (including phenoxy) is 2. The Balaban J connectivity index is 1.84. The van der Waals surface area contributed by atoms with Gasteiger partial charge in [0.15, 0.2) is 11.5 Å². The summed E-state index contributed by atoms with van der Waals surface area (Å²) in [6, 6.07) is 17.9. The van der Waals surface area contributed by atoms with Crippen LogP contribution in [0.5, 0.6) is 11.5 Å². The molecule has 0 aliphatic heterocycles. The van der Waals surface area contributed by atoms with Crippen LogP contribution in [0.4, 0.5) is 5.69 Å². The summed E-state index contributed by atoms with van der Waals surface area (Å²) in [5, 5.41) is 13.2. The number of aryl methyl sites for hydroxylation is 1. The SMILES string of the molecule is COc1cc(/C=C(/C#N)C(=O)Nc2ccc(C)cc2)cc(Br)c1OCc1c(Cl)cccc1Cl. The summed E-state index contributed by atoms with van der Waals surface area (Å²) in [6.07, 6.45) is 1.48. The molecule has 33 heavy (non-hydrogen) atoms. The van der Waals surface area contributed by atoms with E-state index in [0.29, 0.717) is 42.8 Å². The minimum absolute atomic E-state index is 0.0546. The molecule has 8 heteroatoms. The van der Waals surface area contributed by atoms with E-state index >= 15 is 0 Å². The maximum absolute atomic E-state index is 12.6. The van der Waals surface area contributed by atoms with Crippen molar-refractivity contribution in [3.05, 3.63) is 91.4 Å². The lowest BCUT2D eigenvalue weighted by Crippen LogP contribution is -2.13. The second-order valence-corrected chi connectivity index (χ2v) is 8.68. The Morgan fingerprint density at radius 2 is 1.82 bits per heavy atom. The maximum Gasteiger partial charge on any atom is 0.266 e. The van der Waals surface area contributed by atoms with E-state index in [-0.39, 0.29) is 12.2 Å². The highest BCUT2D eigenvalue weighted by molar-refractivity contribution is 9.10. The molecule has 0 unspecified atom stereocenters. The van der Waals surface area contributed by atoms with Gasteiger partial charge in [-0.15, -0.1) is 0 Å². The molecule has 0 fully saturated rings. The van der Waals surface area contributed by atoms with Gasteiger partial charge >= 0.3 is 0 Å². The molecular formula is C25H19BrCl2N2O3. The predicted octanol–water partition coefficient (Wildman–Crippen LogP) is 7.20. The Morgan fingerprint density at radius 1 is 1.15 bits per heavy atom. The highest BCUT2D eigenvalue weighted by atomic mass is 79.9. The molecule has 3 rings (SSSR count). The molecule has 3 aromatic rings. The molecule has 0 heterocycles. The van der Waals surface area contributed by atoms with Crippen molar-refractivity contribution in [2.75, 3.05) is 12.4 Å². The third-order valence-corrected chi connectivity index (χ3v) is 5.96. The molecule has 0 spiro atoms. The minimum atomic E-state index is -0.509. The summed E-state index contributed by atoms with van der Waals surface area (Å²) < 4.78 is 12.0. The zero-order chi connectivity index (χ0) is 24.0. The molecule has 0 atom stereocenters. The van der Waals surface area contributed by atoms with Gasteiger partial charge in [-0.2, -0.15) is 5.26 Å². The first-order valence-corrected chi connectivity index (χ1v) is 11.3. The number of rotatable bonds is 7. The molecule has 0 aromatic heterocycles. The van der Waals surface area contributed by atoms with Crippen molar-refractivity contribution in [3.63, 3.8) is 0 Å². The molecule has 0 saturated carbocycles. The Labute approximate surface area is 210 Å². The van der Waals surface area contributed by atoms with Gasteiger partial charge < -0.3 is 14.8 Å². The van der Waals surface area contributed by atoms with Crippen molar-refractivity contribution < 1.29 is 14.3 Å². The topological polar surface area (TPSA) is 71.3 Å². The third-order valence-electron chi connectivity index (χ3n) is 4.66. The van der Waals surface area contributed by atoms with Crippen LogP contribution in [0, 0.1) is 18.3 Å². The number of carbonyl (C=O) groups excluding carboxylic acids is 1. The van der Waals surface area contributed by atoms with Crippen LogP contribution >= 0.6 is 39.1 Å². The highest BCUT2D eigenvalue weighted by Crippen LogP contribution is 2.38. The highest BCUT2D eigenvalue weighted by Gasteiger charge is 2.15. The Hall–Kier alpha value is -2.98. The molecule has 0 aliphatic carbocycles. The zero-order valence-corrected chi connectivity index (χ0v) is 20.9. The fourth-order valence-corrected chi connectivity index (χ4v) is 4.01. The Morgan fingerprint density at radius 3 is 2.42 bits per heavy atom. The van der Waals surface area contributed by atoms with Crippen molar-refractivity contribution in [1.82, 2.24) is 0 Å². The molecule has 168 valence electrons. The zero-order valence-electron chi connectivity index (χ0n) is 17.8. The van der Waals surface area contributed by atoms with E-state index < -0.39 is 5.91 Å². The quantitative estimate of drug-likeness (QED) is 0.252. The fourth-order valence-electron chi connectivity index (χ4n) is 2.93. The van der Waals surface area contributed by atoms with E-state index in [1.165, 1.54) is 13.2 Å². The Bertz CT molecular complexity index is 1230. The third kappa shape index (κ3) is 6.29. The van der Waals surface area contributed by atoms with E-state index in [9.17, 15) is 10.1 Å². The number of benzene rings is 3. The number of carbonyl (C=O) groups is 1. The summed E-state index contributed by atoms with van der Waals surface area (Å²) in [7, 11) is 1.50. The monoisotopic (exact) mass is 544 g/mol. The number of hydrogen-bond acceptors (Lipinski definition) is 4. The van der Waals surface area contributed by atoms with Crippen LogP contribution in [-0.2, 0) is 11.4 Å². The van der Waals surface area contributed by atoms with Crippen LogP contribution < -0.4 is 14.8 Å². The lowest BCUT2D eigenvalue weighted by molar-refractivity contribution is -0.112. The molecule has 0 bridgehead atoms. The molecule has 0 radical (unpaired) electrons. The van der Waals surface area contributed by atoms with Gasteiger partial charge in [0, 0.05) is 21.3 Å². The first-order valence-electron chi connectivity index (χ1n) is 9.75. The first kappa shape index (κ1) is 24.7. The lowest BCUT2D eigenvalue weighted by Gasteiger charge is -2.15. The van der Waals surface area contributed by atoms with E-state index in [4.69, 9.17) is 32.7 Å². The smallest absolute Gasteiger partial charge is 0.266 e. The lowest BCUT2D eigenvalue weighted by atomic mass is 10.1. The predicted molar refractivity (Wildman–Crippen MR) is 135 cm³/mol. The number of hydrogen-bond donors (Lipinski definition) is 1. The van der Waals surface area contributed by atoms with Crippen molar-refractivity contribution in [3.8, 4) is 17.6 Å². The van der Waals surface area contributed by atoms with Crippen molar-refractivity contribution in [2.45, 2.75) is 13.5 Å². The Kier molecular flexibility index (Phi) is 8.40. The molecule has 3 aromatic carbocycles. The molecule has 0 aliphatic rings. The number of nitriles is 1. The minimum Gasteiger partial charge on any atom is -0.493 e. The second-order valence-electron chi connectivity index (χ2n) is 7.01.